The minimum atomic E-state index is 0.916. The Morgan fingerprint density at radius 1 is 1.78 bits per heavy atom. The van der Waals surface area contributed by atoms with Crippen LogP contribution in [0.1, 0.15) is 6.42 Å². The smallest absolute Gasteiger partial charge is 0.0636 e. The first-order valence-corrected chi connectivity index (χ1v) is 3.54. The van der Waals surface area contributed by atoms with Crippen molar-refractivity contribution in [3.8, 4) is 0 Å². The molecule has 1 nitrogen and oxygen atoms in total. The van der Waals surface area contributed by atoms with Crippen molar-refractivity contribution in [3.05, 3.63) is 24.0 Å². The van der Waals surface area contributed by atoms with Crippen LogP contribution in [0.25, 0.3) is 0 Å². The molecule has 0 radical (unpaired) electrons. The Hall–Kier alpha value is -0.420. The van der Waals surface area contributed by atoms with Crippen molar-refractivity contribution in [3.63, 3.8) is 0 Å². The van der Waals surface area contributed by atoms with E-state index in [-0.39, 0.29) is 0 Å². The fraction of sp³-hybridized carbons (Fsp3) is 0.286. The SMILES string of the molecule is C=C(P)C1=NCCC=C1. The summed E-state index contributed by atoms with van der Waals surface area (Å²) in [6, 6.07) is 0. The molecule has 1 atom stereocenters. The molecule has 0 aromatic carbocycles. The van der Waals surface area contributed by atoms with Crippen LogP contribution in [-0.2, 0) is 0 Å². The molecule has 2 heteroatoms. The number of allylic oxidation sites excluding steroid dienone is 2. The van der Waals surface area contributed by atoms with Gasteiger partial charge in [-0.2, -0.15) is 0 Å². The first kappa shape index (κ1) is 6.70. The van der Waals surface area contributed by atoms with Gasteiger partial charge < -0.3 is 0 Å². The quantitative estimate of drug-likeness (QED) is 0.491. The fourth-order valence-electron chi connectivity index (χ4n) is 0.716. The second-order valence-corrected chi connectivity index (χ2v) is 2.68. The molecule has 0 spiro atoms. The van der Waals surface area contributed by atoms with Gasteiger partial charge in [-0.05, 0) is 17.8 Å². The van der Waals surface area contributed by atoms with Gasteiger partial charge in [0.2, 0.25) is 0 Å². The van der Waals surface area contributed by atoms with E-state index in [0.717, 1.165) is 24.0 Å². The van der Waals surface area contributed by atoms with Crippen LogP contribution >= 0.6 is 9.24 Å². The lowest BCUT2D eigenvalue weighted by atomic mass is 10.2. The molecule has 0 N–H and O–H groups in total. The third-order valence-electron chi connectivity index (χ3n) is 1.18. The molecule has 9 heavy (non-hydrogen) atoms. The van der Waals surface area contributed by atoms with E-state index in [1.807, 2.05) is 6.08 Å². The van der Waals surface area contributed by atoms with E-state index < -0.39 is 0 Å². The average Bonchev–Trinajstić information content (AvgIpc) is 1.90. The van der Waals surface area contributed by atoms with E-state index in [1.54, 1.807) is 0 Å². The summed E-state index contributed by atoms with van der Waals surface area (Å²) in [7, 11) is 2.55. The molecule has 0 aromatic heterocycles. The second kappa shape index (κ2) is 2.93. The minimum Gasteiger partial charge on any atom is -0.284 e. The van der Waals surface area contributed by atoms with E-state index in [9.17, 15) is 0 Å². The Bertz CT molecular complexity index is 179. The number of nitrogens with zero attached hydrogens (tertiary/aromatic N) is 1. The molecule has 0 aliphatic carbocycles. The Morgan fingerprint density at radius 2 is 2.56 bits per heavy atom. The molecular weight excluding hydrogens is 129 g/mol. The molecule has 1 aliphatic rings. The topological polar surface area (TPSA) is 12.4 Å². The predicted octanol–water partition coefficient (Wildman–Crippen LogP) is 1.78. The van der Waals surface area contributed by atoms with Gasteiger partial charge in [0.15, 0.2) is 0 Å². The summed E-state index contributed by atoms with van der Waals surface area (Å²) in [5.74, 6) is 0. The standard InChI is InChI=1S/C7H10NP/c1-6(9)7-4-2-3-5-8-7/h2,4H,1,3,5,9H2. The van der Waals surface area contributed by atoms with Gasteiger partial charge in [0.1, 0.15) is 0 Å². The summed E-state index contributed by atoms with van der Waals surface area (Å²) in [4.78, 5) is 4.24. The molecule has 0 bridgehead atoms. The maximum atomic E-state index is 4.24. The highest BCUT2D eigenvalue weighted by atomic mass is 31.0. The number of hydrogen-bond acceptors (Lipinski definition) is 1. The molecule has 48 valence electrons. The predicted molar refractivity (Wildman–Crippen MR) is 44.9 cm³/mol. The van der Waals surface area contributed by atoms with Gasteiger partial charge in [0.05, 0.1) is 5.71 Å². The Balaban J connectivity index is 2.69. The van der Waals surface area contributed by atoms with E-state index in [4.69, 9.17) is 0 Å². The van der Waals surface area contributed by atoms with Gasteiger partial charge in [0, 0.05) is 6.54 Å². The highest BCUT2D eigenvalue weighted by Gasteiger charge is 1.96. The Morgan fingerprint density at radius 3 is 2.89 bits per heavy atom. The largest absolute Gasteiger partial charge is 0.284 e. The summed E-state index contributed by atoms with van der Waals surface area (Å²) >= 11 is 0. The van der Waals surface area contributed by atoms with E-state index in [1.165, 1.54) is 0 Å². The lowest BCUT2D eigenvalue weighted by Gasteiger charge is -2.03. The third-order valence-corrected chi connectivity index (χ3v) is 1.48. The molecule has 0 saturated heterocycles. The van der Waals surface area contributed by atoms with Crippen LogP contribution in [0.5, 0.6) is 0 Å². The van der Waals surface area contributed by atoms with Gasteiger partial charge in [-0.1, -0.05) is 12.7 Å². The van der Waals surface area contributed by atoms with Crippen molar-refractivity contribution < 1.29 is 0 Å². The Kier molecular flexibility index (Phi) is 2.18. The van der Waals surface area contributed by atoms with E-state index in [2.05, 4.69) is 26.9 Å². The molecule has 1 rings (SSSR count). The number of dihydropyridines is 1. The normalized spacial score (nSPS) is 17.2. The summed E-state index contributed by atoms with van der Waals surface area (Å²) in [6.07, 6.45) is 5.21. The maximum Gasteiger partial charge on any atom is 0.0636 e. The molecular formula is C7H10NP. The highest BCUT2D eigenvalue weighted by Crippen LogP contribution is 2.09. The lowest BCUT2D eigenvalue weighted by molar-refractivity contribution is 0.995. The number of aliphatic imine (C=N–C) groups is 1. The summed E-state index contributed by atoms with van der Waals surface area (Å²) < 4.78 is 0. The van der Waals surface area contributed by atoms with Crippen LogP contribution in [0.3, 0.4) is 0 Å². The number of hydrogen-bond donors (Lipinski definition) is 0. The van der Waals surface area contributed by atoms with Crippen LogP contribution in [-0.4, -0.2) is 12.3 Å². The molecule has 1 unspecified atom stereocenters. The third kappa shape index (κ3) is 1.76. The van der Waals surface area contributed by atoms with Gasteiger partial charge in [-0.15, -0.1) is 9.24 Å². The van der Waals surface area contributed by atoms with Crippen molar-refractivity contribution in [1.82, 2.24) is 0 Å². The van der Waals surface area contributed by atoms with Crippen LogP contribution < -0.4 is 0 Å². The summed E-state index contributed by atoms with van der Waals surface area (Å²) in [6.45, 7) is 4.68. The first-order chi connectivity index (χ1) is 4.30. The average molecular weight is 139 g/mol. The van der Waals surface area contributed by atoms with Gasteiger partial charge in [0.25, 0.3) is 0 Å². The van der Waals surface area contributed by atoms with Crippen LogP contribution in [0.2, 0.25) is 0 Å². The minimum absolute atomic E-state index is 0.916. The van der Waals surface area contributed by atoms with Crippen LogP contribution in [0, 0.1) is 0 Å². The van der Waals surface area contributed by atoms with Gasteiger partial charge in [-0.25, -0.2) is 0 Å². The zero-order valence-corrected chi connectivity index (χ0v) is 6.46. The maximum absolute atomic E-state index is 4.24. The van der Waals surface area contributed by atoms with Gasteiger partial charge >= 0.3 is 0 Å². The molecule has 0 amide bonds. The molecule has 0 saturated carbocycles. The van der Waals surface area contributed by atoms with Crippen molar-refractivity contribution in [2.24, 2.45) is 4.99 Å². The molecule has 0 aromatic rings. The molecule has 0 fully saturated rings. The first-order valence-electron chi connectivity index (χ1n) is 2.96. The molecule has 1 aliphatic heterocycles. The fourth-order valence-corrected chi connectivity index (χ4v) is 0.903. The lowest BCUT2D eigenvalue weighted by Crippen LogP contribution is -1.98. The second-order valence-electron chi connectivity index (χ2n) is 1.98. The van der Waals surface area contributed by atoms with Crippen molar-refractivity contribution in [1.29, 1.82) is 0 Å². The van der Waals surface area contributed by atoms with E-state index >= 15 is 0 Å². The highest BCUT2D eigenvalue weighted by molar-refractivity contribution is 7.25. The van der Waals surface area contributed by atoms with Crippen molar-refractivity contribution >= 4 is 15.0 Å². The van der Waals surface area contributed by atoms with Crippen molar-refractivity contribution in [2.75, 3.05) is 6.54 Å². The van der Waals surface area contributed by atoms with E-state index in [0.29, 0.717) is 0 Å². The van der Waals surface area contributed by atoms with Crippen molar-refractivity contribution in [2.45, 2.75) is 6.42 Å². The zero-order chi connectivity index (χ0) is 6.69. The van der Waals surface area contributed by atoms with Crippen LogP contribution in [0.15, 0.2) is 29.0 Å². The molecule has 1 heterocycles. The Labute approximate surface area is 57.8 Å². The van der Waals surface area contributed by atoms with Gasteiger partial charge in [-0.3, -0.25) is 4.99 Å². The number of rotatable bonds is 1. The zero-order valence-electron chi connectivity index (χ0n) is 5.30. The summed E-state index contributed by atoms with van der Waals surface area (Å²) in [5, 5.41) is 0.978. The summed E-state index contributed by atoms with van der Waals surface area (Å²) in [5.41, 5.74) is 1.02. The van der Waals surface area contributed by atoms with Crippen LogP contribution in [0.4, 0.5) is 0 Å². The monoisotopic (exact) mass is 139 g/mol.